The number of imide groups is 2. The Bertz CT molecular complexity index is 2230. The zero-order chi connectivity index (χ0) is 37.7. The normalized spacial score (nSPS) is 19.4. The molecule has 4 aliphatic rings. The van der Waals surface area contributed by atoms with Gasteiger partial charge in [-0.05, 0) is 48.4 Å². The number of hydrogen-bond acceptors (Lipinski definition) is 12. The minimum Gasteiger partial charge on any atom is -0.496 e. The molecule has 0 saturated carbocycles. The predicted octanol–water partition coefficient (Wildman–Crippen LogP) is 2.18. The highest BCUT2D eigenvalue weighted by atomic mass is 16.5. The van der Waals surface area contributed by atoms with Crippen molar-refractivity contribution in [3.8, 4) is 22.6 Å². The molecule has 1 N–H and O–H groups in total. The second-order valence-electron chi connectivity index (χ2n) is 13.9. The van der Waals surface area contributed by atoms with Crippen LogP contribution in [0.2, 0.25) is 0 Å². The highest BCUT2D eigenvalue weighted by Crippen LogP contribution is 2.39. The average Bonchev–Trinajstić information content (AvgIpc) is 3.44. The summed E-state index contributed by atoms with van der Waals surface area (Å²) in [6, 6.07) is 10.2. The summed E-state index contributed by atoms with van der Waals surface area (Å²) in [4.78, 5) is 76.2. The van der Waals surface area contributed by atoms with Crippen LogP contribution in [0.1, 0.15) is 39.1 Å². The number of nitrogens with zero attached hydrogens (tertiary/aromatic N) is 6. The Kier molecular flexibility index (Phi) is 9.27. The lowest BCUT2D eigenvalue weighted by molar-refractivity contribution is -0.136. The quantitative estimate of drug-likeness (QED) is 0.264. The van der Waals surface area contributed by atoms with E-state index in [2.05, 4.69) is 25.0 Å². The summed E-state index contributed by atoms with van der Waals surface area (Å²) in [6.07, 6.45) is 3.68. The molecule has 15 heteroatoms. The molecule has 6 heterocycles. The summed E-state index contributed by atoms with van der Waals surface area (Å²) in [5.74, 6) is 0.0496. The van der Waals surface area contributed by atoms with Crippen molar-refractivity contribution in [3.63, 3.8) is 0 Å². The molecular formula is C39H41N7O8. The first kappa shape index (κ1) is 35.2. The number of piperidine rings is 1. The van der Waals surface area contributed by atoms with Crippen LogP contribution < -0.4 is 30.1 Å². The molecule has 0 bridgehead atoms. The van der Waals surface area contributed by atoms with Crippen molar-refractivity contribution < 1.29 is 33.4 Å². The van der Waals surface area contributed by atoms with Gasteiger partial charge in [0.25, 0.3) is 17.4 Å². The Labute approximate surface area is 311 Å². The third-order valence-corrected chi connectivity index (χ3v) is 10.8. The number of hydrogen-bond donors (Lipinski definition) is 1. The standard InChI is InChI=1S/C39H41N7O8/c1-42-21-29(26-19-34(40-20-28(26)37(42)49)45-12-14-54-15-13-45)23-16-32(52-2)30(33(17-23)53-3)22-43-8-10-44(11-9-43)24-4-5-25-27(18-24)39(51)46(38(25)50)31-6-7-35(47)41-36(31)48/h4-5,16-21,31H,6-15,22H2,1-3H3,(H,41,47,48). The lowest BCUT2D eigenvalue weighted by atomic mass is 9.98. The first-order chi connectivity index (χ1) is 26.1. The molecule has 3 saturated heterocycles. The van der Waals surface area contributed by atoms with Crippen LogP contribution in [0.3, 0.4) is 0 Å². The van der Waals surface area contributed by atoms with Crippen molar-refractivity contribution in [1.82, 2.24) is 24.7 Å². The van der Waals surface area contributed by atoms with Crippen LogP contribution in [0.25, 0.3) is 21.9 Å². The summed E-state index contributed by atoms with van der Waals surface area (Å²) in [6.45, 7) is 6.03. The summed E-state index contributed by atoms with van der Waals surface area (Å²) in [5, 5.41) is 3.56. The highest BCUT2D eigenvalue weighted by Gasteiger charge is 2.44. The van der Waals surface area contributed by atoms with Gasteiger partial charge in [0.15, 0.2) is 0 Å². The van der Waals surface area contributed by atoms with Gasteiger partial charge in [0.05, 0.1) is 49.5 Å². The molecule has 15 nitrogen and oxygen atoms in total. The molecule has 280 valence electrons. The fraction of sp³-hybridized carbons (Fsp3) is 0.385. The van der Waals surface area contributed by atoms with Crippen LogP contribution in [0.4, 0.5) is 11.5 Å². The van der Waals surface area contributed by atoms with E-state index in [4.69, 9.17) is 14.2 Å². The summed E-state index contributed by atoms with van der Waals surface area (Å²) >= 11 is 0. The minimum absolute atomic E-state index is 0.0714. The van der Waals surface area contributed by atoms with Gasteiger partial charge < -0.3 is 28.6 Å². The molecule has 8 rings (SSSR count). The topological polar surface area (TPSA) is 156 Å². The van der Waals surface area contributed by atoms with Crippen molar-refractivity contribution in [2.24, 2.45) is 7.05 Å². The second-order valence-corrected chi connectivity index (χ2v) is 13.9. The van der Waals surface area contributed by atoms with Gasteiger partial charge in [-0.1, -0.05) is 0 Å². The van der Waals surface area contributed by atoms with Crippen molar-refractivity contribution in [3.05, 3.63) is 75.8 Å². The van der Waals surface area contributed by atoms with E-state index in [9.17, 15) is 24.0 Å². The van der Waals surface area contributed by atoms with Crippen LogP contribution in [0, 0.1) is 0 Å². The fourth-order valence-electron chi connectivity index (χ4n) is 7.88. The van der Waals surface area contributed by atoms with Gasteiger partial charge in [-0.3, -0.25) is 39.1 Å². The largest absolute Gasteiger partial charge is 0.496 e. The average molecular weight is 736 g/mol. The Balaban J connectivity index is 1.01. The molecule has 2 aromatic heterocycles. The van der Waals surface area contributed by atoms with Crippen molar-refractivity contribution in [1.29, 1.82) is 0 Å². The van der Waals surface area contributed by atoms with Gasteiger partial charge in [-0.15, -0.1) is 0 Å². The number of nitrogens with one attached hydrogen (secondary N) is 1. The lowest BCUT2D eigenvalue weighted by Gasteiger charge is -2.36. The van der Waals surface area contributed by atoms with Gasteiger partial charge >= 0.3 is 0 Å². The maximum atomic E-state index is 13.4. The number of anilines is 2. The third kappa shape index (κ3) is 6.22. The van der Waals surface area contributed by atoms with Crippen LogP contribution in [0.5, 0.6) is 11.5 Å². The summed E-state index contributed by atoms with van der Waals surface area (Å²) in [5.41, 5.74) is 3.81. The highest BCUT2D eigenvalue weighted by molar-refractivity contribution is 6.23. The van der Waals surface area contributed by atoms with E-state index in [1.165, 1.54) is 0 Å². The maximum Gasteiger partial charge on any atom is 0.262 e. The molecule has 1 atom stereocenters. The Morgan fingerprint density at radius 3 is 2.20 bits per heavy atom. The number of fused-ring (bicyclic) bond motifs is 2. The molecule has 3 fully saturated rings. The van der Waals surface area contributed by atoms with Gasteiger partial charge in [0.2, 0.25) is 11.8 Å². The molecule has 4 aliphatic heterocycles. The van der Waals surface area contributed by atoms with Crippen molar-refractivity contribution in [2.45, 2.75) is 25.4 Å². The van der Waals surface area contributed by atoms with Gasteiger partial charge in [-0.25, -0.2) is 4.98 Å². The molecule has 0 aliphatic carbocycles. The predicted molar refractivity (Wildman–Crippen MR) is 199 cm³/mol. The second kappa shape index (κ2) is 14.2. The lowest BCUT2D eigenvalue weighted by Crippen LogP contribution is -2.54. The van der Waals surface area contributed by atoms with Gasteiger partial charge in [-0.2, -0.15) is 0 Å². The van der Waals surface area contributed by atoms with Crippen molar-refractivity contribution >= 4 is 45.9 Å². The number of piperazine rings is 1. The number of ether oxygens (including phenoxy) is 3. The summed E-state index contributed by atoms with van der Waals surface area (Å²) in [7, 11) is 5.01. The molecule has 54 heavy (non-hydrogen) atoms. The van der Waals surface area contributed by atoms with E-state index < -0.39 is 29.7 Å². The molecule has 4 aromatic rings. The molecule has 0 spiro atoms. The number of morpholine rings is 1. The van der Waals surface area contributed by atoms with E-state index in [-0.39, 0.29) is 29.5 Å². The smallest absolute Gasteiger partial charge is 0.262 e. The van der Waals surface area contributed by atoms with Crippen LogP contribution in [-0.4, -0.2) is 116 Å². The number of aromatic nitrogens is 2. The van der Waals surface area contributed by atoms with Gasteiger partial charge in [0, 0.05) is 88.3 Å². The monoisotopic (exact) mass is 735 g/mol. The maximum absolute atomic E-state index is 13.4. The van der Waals surface area contributed by atoms with E-state index in [1.54, 1.807) is 44.2 Å². The molecular weight excluding hydrogens is 694 g/mol. The first-order valence-corrected chi connectivity index (χ1v) is 18.1. The van der Waals surface area contributed by atoms with E-state index >= 15 is 0 Å². The number of rotatable bonds is 8. The van der Waals surface area contributed by atoms with Gasteiger partial charge in [0.1, 0.15) is 23.4 Å². The zero-order valence-electron chi connectivity index (χ0n) is 30.4. The van der Waals surface area contributed by atoms with Crippen LogP contribution >= 0.6 is 0 Å². The number of carbonyl (C=O) groups is 4. The Morgan fingerprint density at radius 1 is 0.815 bits per heavy atom. The SMILES string of the molecule is COc1cc(-c2cn(C)c(=O)c3cnc(N4CCOCC4)cc23)cc(OC)c1CN1CCN(c2ccc3c(c2)C(=O)N(C2CCC(=O)NC2=O)C3=O)CC1. The number of methoxy groups -OCH3 is 2. The number of amides is 4. The third-order valence-electron chi connectivity index (χ3n) is 10.8. The molecule has 0 radical (unpaired) electrons. The summed E-state index contributed by atoms with van der Waals surface area (Å²) < 4.78 is 19.0. The van der Waals surface area contributed by atoms with Crippen molar-refractivity contribution in [2.75, 3.05) is 76.5 Å². The molecule has 4 amide bonds. The number of pyridine rings is 2. The van der Waals surface area contributed by atoms with E-state index in [1.807, 2.05) is 30.5 Å². The number of aryl methyl sites for hydroxylation is 1. The van der Waals surface area contributed by atoms with Crippen LogP contribution in [-0.2, 0) is 27.9 Å². The fourth-order valence-corrected chi connectivity index (χ4v) is 7.88. The molecule has 1 unspecified atom stereocenters. The van der Waals surface area contributed by atoms with E-state index in [0.29, 0.717) is 62.8 Å². The first-order valence-electron chi connectivity index (χ1n) is 18.1. The minimum atomic E-state index is -1.00. The Morgan fingerprint density at radius 2 is 1.52 bits per heavy atom. The number of benzene rings is 2. The number of carbonyl (C=O) groups excluding carboxylic acids is 4. The van der Waals surface area contributed by atoms with E-state index in [0.717, 1.165) is 51.6 Å². The van der Waals surface area contributed by atoms with Crippen LogP contribution in [0.15, 0.2) is 53.6 Å². The zero-order valence-corrected chi connectivity index (χ0v) is 30.4. The molecule has 2 aromatic carbocycles. The Hall–Kier alpha value is -5.80.